The van der Waals surface area contributed by atoms with Crippen molar-refractivity contribution >= 4 is 17.3 Å². The zero-order valence-electron chi connectivity index (χ0n) is 8.32. The van der Waals surface area contributed by atoms with Crippen molar-refractivity contribution in [2.24, 2.45) is 7.05 Å². The van der Waals surface area contributed by atoms with Crippen molar-refractivity contribution < 1.29 is 4.79 Å². The van der Waals surface area contributed by atoms with E-state index in [1.165, 1.54) is 5.56 Å². The molecule has 0 spiro atoms. The molecule has 0 bridgehead atoms. The summed E-state index contributed by atoms with van der Waals surface area (Å²) >= 11 is 0. The van der Waals surface area contributed by atoms with Crippen molar-refractivity contribution in [2.75, 3.05) is 0 Å². The number of carbonyl (C=O) groups is 1. The number of aldehydes is 1. The van der Waals surface area contributed by atoms with Gasteiger partial charge >= 0.3 is 0 Å². The summed E-state index contributed by atoms with van der Waals surface area (Å²) < 4.78 is 1.81. The second kappa shape index (κ2) is 3.25. The van der Waals surface area contributed by atoms with Gasteiger partial charge in [-0.05, 0) is 24.1 Å². The number of rotatable bonds is 2. The molecule has 72 valence electrons. The average molecular weight is 188 g/mol. The summed E-state index contributed by atoms with van der Waals surface area (Å²) in [4.78, 5) is 14.9. The molecule has 0 aliphatic heterocycles. The van der Waals surface area contributed by atoms with E-state index in [0.29, 0.717) is 5.82 Å². The Kier molecular flexibility index (Phi) is 2.08. The van der Waals surface area contributed by atoms with Gasteiger partial charge in [-0.25, -0.2) is 4.98 Å². The maximum atomic E-state index is 10.7. The molecule has 2 rings (SSSR count). The fraction of sp³-hybridized carbons (Fsp3) is 0.273. The van der Waals surface area contributed by atoms with E-state index >= 15 is 0 Å². The smallest absolute Gasteiger partial charge is 0.185 e. The van der Waals surface area contributed by atoms with Crippen LogP contribution >= 0.6 is 0 Å². The van der Waals surface area contributed by atoms with Gasteiger partial charge in [0.25, 0.3) is 0 Å². The zero-order chi connectivity index (χ0) is 10.1. The van der Waals surface area contributed by atoms with Gasteiger partial charge in [0.15, 0.2) is 12.1 Å². The lowest BCUT2D eigenvalue weighted by Gasteiger charge is -1.97. The van der Waals surface area contributed by atoms with Gasteiger partial charge in [-0.3, -0.25) is 4.79 Å². The van der Waals surface area contributed by atoms with Crippen LogP contribution in [0.15, 0.2) is 18.2 Å². The van der Waals surface area contributed by atoms with Crippen LogP contribution in [0, 0.1) is 0 Å². The van der Waals surface area contributed by atoms with Crippen LogP contribution in [0.4, 0.5) is 0 Å². The van der Waals surface area contributed by atoms with Crippen LogP contribution < -0.4 is 0 Å². The Labute approximate surface area is 82.4 Å². The molecular formula is C11H12N2O. The molecule has 0 aliphatic rings. The summed E-state index contributed by atoms with van der Waals surface area (Å²) in [5.41, 5.74) is 3.14. The van der Waals surface area contributed by atoms with Gasteiger partial charge in [-0.1, -0.05) is 13.0 Å². The SMILES string of the molecule is CCc1ccc2c(c1)nc(C=O)n2C. The third-order valence-electron chi connectivity index (χ3n) is 2.49. The van der Waals surface area contributed by atoms with E-state index in [9.17, 15) is 4.79 Å². The maximum absolute atomic E-state index is 10.7. The molecule has 0 saturated carbocycles. The minimum atomic E-state index is 0.480. The molecule has 0 amide bonds. The van der Waals surface area contributed by atoms with E-state index in [-0.39, 0.29) is 0 Å². The predicted molar refractivity (Wildman–Crippen MR) is 55.5 cm³/mol. The minimum absolute atomic E-state index is 0.480. The van der Waals surface area contributed by atoms with Gasteiger partial charge in [0.1, 0.15) is 0 Å². The first-order chi connectivity index (χ1) is 6.76. The fourth-order valence-corrected chi connectivity index (χ4v) is 1.59. The average Bonchev–Trinajstić information content (AvgIpc) is 2.55. The van der Waals surface area contributed by atoms with Crippen LogP contribution in [0.1, 0.15) is 23.1 Å². The van der Waals surface area contributed by atoms with Crippen molar-refractivity contribution in [1.29, 1.82) is 0 Å². The van der Waals surface area contributed by atoms with E-state index in [0.717, 1.165) is 23.7 Å². The number of nitrogens with zero attached hydrogens (tertiary/aromatic N) is 2. The van der Waals surface area contributed by atoms with E-state index in [4.69, 9.17) is 0 Å². The van der Waals surface area contributed by atoms with E-state index in [1.54, 1.807) is 0 Å². The maximum Gasteiger partial charge on any atom is 0.185 e. The van der Waals surface area contributed by atoms with Crippen LogP contribution in [-0.2, 0) is 13.5 Å². The highest BCUT2D eigenvalue weighted by Gasteiger charge is 2.06. The van der Waals surface area contributed by atoms with Crippen LogP contribution in [0.25, 0.3) is 11.0 Å². The van der Waals surface area contributed by atoms with E-state index in [2.05, 4.69) is 18.0 Å². The molecule has 2 aromatic rings. The molecule has 3 heteroatoms. The number of hydrogen-bond donors (Lipinski definition) is 0. The zero-order valence-corrected chi connectivity index (χ0v) is 8.32. The standard InChI is InChI=1S/C11H12N2O/c1-3-8-4-5-10-9(6-8)12-11(7-14)13(10)2/h4-7H,3H2,1-2H3. The molecule has 3 nitrogen and oxygen atoms in total. The van der Waals surface area contributed by atoms with Gasteiger partial charge in [-0.2, -0.15) is 0 Å². The summed E-state index contributed by atoms with van der Waals surface area (Å²) in [6.45, 7) is 2.10. The van der Waals surface area contributed by atoms with Gasteiger partial charge in [0.05, 0.1) is 11.0 Å². The summed E-state index contributed by atoms with van der Waals surface area (Å²) in [5.74, 6) is 0.480. The van der Waals surface area contributed by atoms with Crippen LogP contribution in [-0.4, -0.2) is 15.8 Å². The number of carbonyl (C=O) groups excluding carboxylic acids is 1. The van der Waals surface area contributed by atoms with Crippen molar-refractivity contribution in [3.05, 3.63) is 29.6 Å². The van der Waals surface area contributed by atoms with Gasteiger partial charge in [0, 0.05) is 7.05 Å². The third kappa shape index (κ3) is 1.21. The first-order valence-corrected chi connectivity index (χ1v) is 4.66. The van der Waals surface area contributed by atoms with Crippen molar-refractivity contribution in [2.45, 2.75) is 13.3 Å². The summed E-state index contributed by atoms with van der Waals surface area (Å²) in [6, 6.07) is 6.11. The minimum Gasteiger partial charge on any atom is -0.325 e. The van der Waals surface area contributed by atoms with Crippen molar-refractivity contribution in [3.63, 3.8) is 0 Å². The van der Waals surface area contributed by atoms with Crippen LogP contribution in [0.2, 0.25) is 0 Å². The normalized spacial score (nSPS) is 10.7. The Hall–Kier alpha value is -1.64. The topological polar surface area (TPSA) is 34.9 Å². The molecule has 0 atom stereocenters. The number of hydrogen-bond acceptors (Lipinski definition) is 2. The fourth-order valence-electron chi connectivity index (χ4n) is 1.59. The molecule has 14 heavy (non-hydrogen) atoms. The van der Waals surface area contributed by atoms with E-state index in [1.807, 2.05) is 23.7 Å². The third-order valence-corrected chi connectivity index (χ3v) is 2.49. The molecule has 0 N–H and O–H groups in total. The Bertz CT molecular complexity index is 485. The number of imidazole rings is 1. The molecule has 1 aromatic carbocycles. The monoisotopic (exact) mass is 188 g/mol. The molecule has 0 unspecified atom stereocenters. The molecule has 1 heterocycles. The Balaban J connectivity index is 2.72. The molecule has 0 saturated heterocycles. The summed E-state index contributed by atoms with van der Waals surface area (Å²) in [5, 5.41) is 0. The lowest BCUT2D eigenvalue weighted by Crippen LogP contribution is -1.94. The molecule has 0 radical (unpaired) electrons. The second-order valence-corrected chi connectivity index (χ2v) is 3.32. The quantitative estimate of drug-likeness (QED) is 0.675. The van der Waals surface area contributed by atoms with Crippen molar-refractivity contribution in [3.8, 4) is 0 Å². The number of aromatic nitrogens is 2. The lowest BCUT2D eigenvalue weighted by atomic mass is 10.1. The largest absolute Gasteiger partial charge is 0.325 e. The Morgan fingerprint density at radius 2 is 2.29 bits per heavy atom. The second-order valence-electron chi connectivity index (χ2n) is 3.32. The highest BCUT2D eigenvalue weighted by molar-refractivity contribution is 5.83. The Morgan fingerprint density at radius 3 is 2.93 bits per heavy atom. The summed E-state index contributed by atoms with van der Waals surface area (Å²) in [6.07, 6.45) is 1.77. The molecular weight excluding hydrogens is 176 g/mol. The number of benzene rings is 1. The Morgan fingerprint density at radius 1 is 1.50 bits per heavy atom. The first-order valence-electron chi connectivity index (χ1n) is 4.66. The van der Waals surface area contributed by atoms with Gasteiger partial charge < -0.3 is 4.57 Å². The first kappa shape index (κ1) is 8.94. The highest BCUT2D eigenvalue weighted by atomic mass is 16.1. The number of fused-ring (bicyclic) bond motifs is 1. The highest BCUT2D eigenvalue weighted by Crippen LogP contribution is 2.16. The molecule has 1 aromatic heterocycles. The summed E-state index contributed by atoms with van der Waals surface area (Å²) in [7, 11) is 1.85. The number of aryl methyl sites for hydroxylation is 2. The molecule has 0 aliphatic carbocycles. The predicted octanol–water partition coefficient (Wildman–Crippen LogP) is 1.95. The van der Waals surface area contributed by atoms with Crippen LogP contribution in [0.5, 0.6) is 0 Å². The van der Waals surface area contributed by atoms with Crippen molar-refractivity contribution in [1.82, 2.24) is 9.55 Å². The van der Waals surface area contributed by atoms with E-state index < -0.39 is 0 Å². The van der Waals surface area contributed by atoms with Gasteiger partial charge in [-0.15, -0.1) is 0 Å². The molecule has 0 fully saturated rings. The van der Waals surface area contributed by atoms with Gasteiger partial charge in [0.2, 0.25) is 0 Å². The lowest BCUT2D eigenvalue weighted by molar-refractivity contribution is 0.111. The van der Waals surface area contributed by atoms with Crippen LogP contribution in [0.3, 0.4) is 0 Å².